The summed E-state index contributed by atoms with van der Waals surface area (Å²) in [7, 11) is -3.95. The van der Waals surface area contributed by atoms with Crippen molar-refractivity contribution in [2.24, 2.45) is 0 Å². The molecule has 2 fully saturated rings. The van der Waals surface area contributed by atoms with E-state index in [-0.39, 0.29) is 52.3 Å². The van der Waals surface area contributed by atoms with E-state index in [1.165, 1.54) is 23.1 Å². The fourth-order valence-electron chi connectivity index (χ4n) is 3.44. The number of imide groups is 1. The third-order valence-corrected chi connectivity index (χ3v) is 7.29. The van der Waals surface area contributed by atoms with Crippen molar-refractivity contribution in [2.75, 3.05) is 26.2 Å². The molecule has 2 heterocycles. The van der Waals surface area contributed by atoms with Crippen LogP contribution in [-0.2, 0) is 19.6 Å². The van der Waals surface area contributed by atoms with E-state index in [1.807, 2.05) is 0 Å². The van der Waals surface area contributed by atoms with E-state index >= 15 is 0 Å². The molecule has 2 saturated heterocycles. The smallest absolute Gasteiger partial charge is 0.324 e. The van der Waals surface area contributed by atoms with Gasteiger partial charge in [0.1, 0.15) is 4.90 Å². The van der Waals surface area contributed by atoms with Crippen molar-refractivity contribution in [3.05, 3.63) is 28.2 Å². The summed E-state index contributed by atoms with van der Waals surface area (Å²) in [6, 6.07) is 3.75. The minimum Gasteiger partial charge on any atom is -0.343 e. The maximum atomic E-state index is 12.4. The van der Waals surface area contributed by atoms with Gasteiger partial charge >= 0.3 is 6.03 Å². The Morgan fingerprint density at radius 1 is 1.17 bits per heavy atom. The molecule has 2 N–H and O–H groups in total. The summed E-state index contributed by atoms with van der Waals surface area (Å²) in [4.78, 5) is 38.5. The molecule has 2 aliphatic heterocycles. The van der Waals surface area contributed by atoms with Gasteiger partial charge < -0.3 is 10.2 Å². The Morgan fingerprint density at radius 3 is 2.34 bits per heavy atom. The van der Waals surface area contributed by atoms with Crippen molar-refractivity contribution in [1.29, 1.82) is 0 Å². The van der Waals surface area contributed by atoms with Crippen molar-refractivity contribution in [2.45, 2.75) is 30.2 Å². The molecule has 0 atom stereocenters. The zero-order chi connectivity index (χ0) is 21.2. The Balaban J connectivity index is 1.49. The molecule has 0 bridgehead atoms. The number of rotatable bonds is 6. The molecule has 158 valence electrons. The largest absolute Gasteiger partial charge is 0.343 e. The number of halogens is 2. The number of piperidine rings is 1. The first-order valence-corrected chi connectivity index (χ1v) is 11.3. The summed E-state index contributed by atoms with van der Waals surface area (Å²) in [6.45, 7) is 0.691. The van der Waals surface area contributed by atoms with E-state index in [4.69, 9.17) is 23.2 Å². The molecule has 0 unspecified atom stereocenters. The third kappa shape index (κ3) is 4.82. The van der Waals surface area contributed by atoms with Crippen LogP contribution in [0.2, 0.25) is 10.0 Å². The maximum Gasteiger partial charge on any atom is 0.324 e. The van der Waals surface area contributed by atoms with Gasteiger partial charge in [0.2, 0.25) is 21.8 Å². The van der Waals surface area contributed by atoms with Crippen LogP contribution in [0, 0.1) is 0 Å². The second-order valence-electron chi connectivity index (χ2n) is 6.73. The molecule has 4 amide bonds. The van der Waals surface area contributed by atoms with Gasteiger partial charge in [-0.3, -0.25) is 14.5 Å². The molecule has 0 aliphatic carbocycles. The van der Waals surface area contributed by atoms with Gasteiger partial charge in [0.25, 0.3) is 0 Å². The van der Waals surface area contributed by atoms with Crippen molar-refractivity contribution in [1.82, 2.24) is 19.8 Å². The number of benzene rings is 1. The molecule has 29 heavy (non-hydrogen) atoms. The highest BCUT2D eigenvalue weighted by molar-refractivity contribution is 7.89. The van der Waals surface area contributed by atoms with E-state index < -0.39 is 16.1 Å². The Morgan fingerprint density at radius 2 is 1.79 bits per heavy atom. The second kappa shape index (κ2) is 8.86. The molecule has 2 aliphatic rings. The quantitative estimate of drug-likeness (QED) is 0.616. The van der Waals surface area contributed by atoms with Gasteiger partial charge in [0.05, 0.1) is 16.6 Å². The average molecular weight is 463 g/mol. The molecule has 9 nitrogen and oxygen atoms in total. The number of carbonyl (C=O) groups is 3. The van der Waals surface area contributed by atoms with E-state index in [0.29, 0.717) is 25.9 Å². The average Bonchev–Trinajstić information content (AvgIpc) is 2.99. The fourth-order valence-corrected chi connectivity index (χ4v) is 5.61. The molecule has 0 aromatic heterocycles. The SMILES string of the molecule is O=C(CCNS(=O)(=O)c1c(Cl)cccc1Cl)N1CCC(N2C(=O)CNC2=O)CC1. The standard InChI is InChI=1S/C17H20Cl2N4O5S/c18-12-2-1-3-13(19)16(12)29(27,28)21-7-4-14(24)22-8-5-11(6-9-22)23-15(25)10-20-17(23)26/h1-3,11,21H,4-10H2,(H,20,26). The van der Waals surface area contributed by atoms with Gasteiger partial charge in [0, 0.05) is 32.1 Å². The number of amides is 4. The number of nitrogens with zero attached hydrogens (tertiary/aromatic N) is 2. The summed E-state index contributed by atoms with van der Waals surface area (Å²) in [5.74, 6) is -0.471. The molecule has 1 aromatic rings. The van der Waals surface area contributed by atoms with Crippen LogP contribution in [0.4, 0.5) is 4.79 Å². The van der Waals surface area contributed by atoms with Crippen LogP contribution in [0.5, 0.6) is 0 Å². The molecule has 0 radical (unpaired) electrons. The molecule has 3 rings (SSSR count). The van der Waals surface area contributed by atoms with Crippen molar-refractivity contribution in [3.63, 3.8) is 0 Å². The van der Waals surface area contributed by atoms with E-state index in [1.54, 1.807) is 4.90 Å². The maximum absolute atomic E-state index is 12.4. The Bertz CT molecular complexity index is 896. The number of hydrogen-bond donors (Lipinski definition) is 2. The van der Waals surface area contributed by atoms with Gasteiger partial charge in [-0.1, -0.05) is 29.3 Å². The first-order valence-electron chi connectivity index (χ1n) is 9.02. The number of carbonyl (C=O) groups excluding carboxylic acids is 3. The van der Waals surface area contributed by atoms with Crippen LogP contribution >= 0.6 is 23.2 Å². The zero-order valence-corrected chi connectivity index (χ0v) is 17.7. The Labute approximate surface area is 178 Å². The van der Waals surface area contributed by atoms with Crippen LogP contribution in [-0.4, -0.2) is 68.3 Å². The zero-order valence-electron chi connectivity index (χ0n) is 15.4. The summed E-state index contributed by atoms with van der Waals surface area (Å²) in [5.41, 5.74) is 0. The molecule has 0 spiro atoms. The van der Waals surface area contributed by atoms with Crippen molar-refractivity contribution >= 4 is 51.1 Å². The van der Waals surface area contributed by atoms with E-state index in [9.17, 15) is 22.8 Å². The number of sulfonamides is 1. The van der Waals surface area contributed by atoms with Crippen LogP contribution in [0.15, 0.2) is 23.1 Å². The van der Waals surface area contributed by atoms with E-state index in [2.05, 4.69) is 10.0 Å². The summed E-state index contributed by atoms with van der Waals surface area (Å²) < 4.78 is 27.1. The summed E-state index contributed by atoms with van der Waals surface area (Å²) >= 11 is 11.9. The van der Waals surface area contributed by atoms with E-state index in [0.717, 1.165) is 0 Å². The van der Waals surface area contributed by atoms with Crippen molar-refractivity contribution < 1.29 is 22.8 Å². The highest BCUT2D eigenvalue weighted by atomic mass is 35.5. The molecular weight excluding hydrogens is 443 g/mol. The van der Waals surface area contributed by atoms with Gasteiger partial charge in [-0.25, -0.2) is 17.9 Å². The van der Waals surface area contributed by atoms with Crippen LogP contribution in [0.1, 0.15) is 19.3 Å². The highest BCUT2D eigenvalue weighted by Gasteiger charge is 2.37. The minimum atomic E-state index is -3.95. The lowest BCUT2D eigenvalue weighted by Crippen LogP contribution is -2.49. The minimum absolute atomic E-state index is 0.00102. The number of urea groups is 1. The van der Waals surface area contributed by atoms with Gasteiger partial charge in [-0.05, 0) is 25.0 Å². The van der Waals surface area contributed by atoms with Crippen LogP contribution in [0.25, 0.3) is 0 Å². The van der Waals surface area contributed by atoms with Crippen LogP contribution in [0.3, 0.4) is 0 Å². The number of nitrogens with one attached hydrogen (secondary N) is 2. The lowest BCUT2D eigenvalue weighted by Gasteiger charge is -2.35. The normalized spacial score (nSPS) is 18.3. The van der Waals surface area contributed by atoms with Gasteiger partial charge in [0.15, 0.2) is 0 Å². The Hall–Kier alpha value is -1.88. The number of hydrogen-bond acceptors (Lipinski definition) is 5. The molecule has 1 aromatic carbocycles. The molecular formula is C17H20Cl2N4O5S. The monoisotopic (exact) mass is 462 g/mol. The second-order valence-corrected chi connectivity index (χ2v) is 9.25. The Kier molecular flexibility index (Phi) is 6.67. The summed E-state index contributed by atoms with van der Waals surface area (Å²) in [5, 5.41) is 2.48. The van der Waals surface area contributed by atoms with Gasteiger partial charge in [-0.2, -0.15) is 0 Å². The van der Waals surface area contributed by atoms with Crippen LogP contribution < -0.4 is 10.0 Å². The third-order valence-electron chi connectivity index (χ3n) is 4.88. The summed E-state index contributed by atoms with van der Waals surface area (Å²) in [6.07, 6.45) is 0.951. The first-order chi connectivity index (χ1) is 13.7. The highest BCUT2D eigenvalue weighted by Crippen LogP contribution is 2.28. The number of likely N-dealkylation sites (tertiary alicyclic amines) is 1. The van der Waals surface area contributed by atoms with Crippen molar-refractivity contribution in [3.8, 4) is 0 Å². The first kappa shape index (κ1) is 21.8. The lowest BCUT2D eigenvalue weighted by atomic mass is 10.0. The molecule has 0 saturated carbocycles. The fraction of sp³-hybridized carbons (Fsp3) is 0.471. The molecule has 12 heteroatoms. The lowest BCUT2D eigenvalue weighted by molar-refractivity contribution is -0.133. The van der Waals surface area contributed by atoms with Gasteiger partial charge in [-0.15, -0.1) is 0 Å². The predicted octanol–water partition coefficient (Wildman–Crippen LogP) is 1.20. The topological polar surface area (TPSA) is 116 Å². The predicted molar refractivity (Wildman–Crippen MR) is 106 cm³/mol.